The molecule has 0 bridgehead atoms. The summed E-state index contributed by atoms with van der Waals surface area (Å²) in [5, 5.41) is 8.82. The molecular weight excluding hydrogens is 192 g/mol. The van der Waals surface area contributed by atoms with Gasteiger partial charge in [0, 0.05) is 25.6 Å². The van der Waals surface area contributed by atoms with Crippen LogP contribution in [0.4, 0.5) is 0 Å². The molecule has 5 heteroatoms. The van der Waals surface area contributed by atoms with E-state index in [1.807, 2.05) is 6.07 Å². The van der Waals surface area contributed by atoms with E-state index in [-0.39, 0.29) is 11.4 Å². The Morgan fingerprint density at radius 3 is 3.00 bits per heavy atom. The minimum atomic E-state index is -0.231. The number of hydrogen-bond donors (Lipinski definition) is 0. The van der Waals surface area contributed by atoms with Crippen LogP contribution in [0.25, 0.3) is 5.82 Å². The van der Waals surface area contributed by atoms with Gasteiger partial charge in [-0.25, -0.2) is 4.98 Å². The van der Waals surface area contributed by atoms with E-state index >= 15 is 0 Å². The second kappa shape index (κ2) is 3.42. The summed E-state index contributed by atoms with van der Waals surface area (Å²) in [5.41, 5.74) is 0.163. The minimum absolute atomic E-state index is 0.231. The molecule has 0 saturated carbocycles. The molecule has 0 aliphatic heterocycles. The van der Waals surface area contributed by atoms with Crippen molar-refractivity contribution in [1.82, 2.24) is 14.1 Å². The summed E-state index contributed by atoms with van der Waals surface area (Å²) in [6, 6.07) is 5.33. The quantitative estimate of drug-likeness (QED) is 0.671. The zero-order chi connectivity index (χ0) is 10.8. The van der Waals surface area contributed by atoms with Crippen molar-refractivity contribution in [3.63, 3.8) is 0 Å². The molecule has 0 amide bonds. The van der Waals surface area contributed by atoms with Gasteiger partial charge in [0.25, 0.3) is 5.56 Å². The molecule has 0 aromatic carbocycles. The van der Waals surface area contributed by atoms with Crippen molar-refractivity contribution in [2.24, 2.45) is 7.05 Å². The number of aryl methyl sites for hydroxylation is 1. The van der Waals surface area contributed by atoms with Crippen molar-refractivity contribution in [1.29, 1.82) is 5.26 Å². The Balaban J connectivity index is 2.71. The molecular formula is C10H8N4O. The molecule has 0 unspecified atom stereocenters. The van der Waals surface area contributed by atoms with E-state index in [9.17, 15) is 4.79 Å². The van der Waals surface area contributed by atoms with Crippen LogP contribution in [-0.4, -0.2) is 14.1 Å². The molecule has 2 rings (SSSR count). The van der Waals surface area contributed by atoms with Crippen LogP contribution < -0.4 is 5.56 Å². The van der Waals surface area contributed by atoms with Gasteiger partial charge in [0.05, 0.1) is 0 Å². The normalized spacial score (nSPS) is 9.87. The van der Waals surface area contributed by atoms with Crippen molar-refractivity contribution < 1.29 is 0 Å². The van der Waals surface area contributed by atoms with Gasteiger partial charge < -0.3 is 4.57 Å². The maximum Gasteiger partial charge on any atom is 0.293 e. The molecule has 2 heterocycles. The van der Waals surface area contributed by atoms with Crippen LogP contribution in [0, 0.1) is 11.3 Å². The lowest BCUT2D eigenvalue weighted by Gasteiger charge is -2.03. The van der Waals surface area contributed by atoms with Crippen molar-refractivity contribution in [2.75, 3.05) is 0 Å². The molecule has 0 N–H and O–H groups in total. The molecule has 74 valence electrons. The molecule has 0 atom stereocenters. The second-order valence-electron chi connectivity index (χ2n) is 3.04. The molecule has 0 aliphatic rings. The Hall–Kier alpha value is -2.35. The number of rotatable bonds is 1. The first kappa shape index (κ1) is 9.21. The van der Waals surface area contributed by atoms with Crippen LogP contribution in [-0.2, 0) is 7.05 Å². The number of hydrogen-bond acceptors (Lipinski definition) is 3. The Kier molecular flexibility index (Phi) is 2.10. The molecule has 0 spiro atoms. The Morgan fingerprint density at radius 2 is 2.27 bits per heavy atom. The Bertz CT molecular complexity index is 588. The summed E-state index contributed by atoms with van der Waals surface area (Å²) in [6.45, 7) is 0. The molecule has 0 radical (unpaired) electrons. The van der Waals surface area contributed by atoms with Gasteiger partial charge in [-0.3, -0.25) is 9.36 Å². The molecule has 0 fully saturated rings. The third-order valence-electron chi connectivity index (χ3n) is 2.09. The van der Waals surface area contributed by atoms with Gasteiger partial charge in [0.2, 0.25) is 5.82 Å². The average Bonchev–Trinajstić information content (AvgIpc) is 2.70. The van der Waals surface area contributed by atoms with E-state index in [0.29, 0.717) is 5.69 Å². The van der Waals surface area contributed by atoms with E-state index in [4.69, 9.17) is 5.26 Å². The van der Waals surface area contributed by atoms with Crippen LogP contribution in [0.3, 0.4) is 0 Å². The predicted octanol–water partition coefficient (Wildman–Crippen LogP) is 0.443. The molecule has 2 aromatic rings. The topological polar surface area (TPSA) is 63.6 Å². The van der Waals surface area contributed by atoms with E-state index in [1.165, 1.54) is 15.3 Å². The summed E-state index contributed by atoms with van der Waals surface area (Å²) < 4.78 is 2.89. The van der Waals surface area contributed by atoms with E-state index in [0.717, 1.165) is 0 Å². The summed E-state index contributed by atoms with van der Waals surface area (Å²) in [6.07, 6.45) is 4.74. The first-order valence-electron chi connectivity index (χ1n) is 4.33. The zero-order valence-electron chi connectivity index (χ0n) is 8.08. The van der Waals surface area contributed by atoms with Gasteiger partial charge in [0.15, 0.2) is 0 Å². The zero-order valence-corrected chi connectivity index (χ0v) is 8.08. The molecule has 5 nitrogen and oxygen atoms in total. The Morgan fingerprint density at radius 1 is 1.47 bits per heavy atom. The molecule has 0 saturated heterocycles. The predicted molar refractivity (Wildman–Crippen MR) is 53.5 cm³/mol. The van der Waals surface area contributed by atoms with Gasteiger partial charge in [-0.2, -0.15) is 5.26 Å². The SMILES string of the molecule is Cn1ccnc(-n2cccc2C#N)c1=O. The third kappa shape index (κ3) is 1.42. The van der Waals surface area contributed by atoms with Gasteiger partial charge in [-0.15, -0.1) is 0 Å². The summed E-state index contributed by atoms with van der Waals surface area (Å²) in [4.78, 5) is 15.7. The lowest BCUT2D eigenvalue weighted by Crippen LogP contribution is -2.23. The first-order valence-corrected chi connectivity index (χ1v) is 4.33. The Labute approximate surface area is 85.8 Å². The molecule has 0 aliphatic carbocycles. The lowest BCUT2D eigenvalue weighted by atomic mass is 10.4. The minimum Gasteiger partial charge on any atom is -0.314 e. The average molecular weight is 200 g/mol. The highest BCUT2D eigenvalue weighted by Crippen LogP contribution is 2.04. The van der Waals surface area contributed by atoms with Gasteiger partial charge in [0.1, 0.15) is 11.8 Å². The first-order chi connectivity index (χ1) is 7.24. The summed E-state index contributed by atoms with van der Waals surface area (Å²) in [5.74, 6) is 0.238. The van der Waals surface area contributed by atoms with Crippen LogP contribution >= 0.6 is 0 Å². The van der Waals surface area contributed by atoms with Crippen molar-refractivity contribution in [2.45, 2.75) is 0 Å². The fourth-order valence-electron chi connectivity index (χ4n) is 1.31. The highest BCUT2D eigenvalue weighted by molar-refractivity contribution is 5.32. The van der Waals surface area contributed by atoms with Gasteiger partial charge >= 0.3 is 0 Å². The van der Waals surface area contributed by atoms with Crippen molar-refractivity contribution in [3.05, 3.63) is 46.8 Å². The summed E-state index contributed by atoms with van der Waals surface area (Å²) >= 11 is 0. The largest absolute Gasteiger partial charge is 0.314 e. The second-order valence-corrected chi connectivity index (χ2v) is 3.04. The molecule has 15 heavy (non-hydrogen) atoms. The highest BCUT2D eigenvalue weighted by Gasteiger charge is 2.08. The standard InChI is InChI=1S/C10H8N4O/c1-13-6-4-12-9(10(13)15)14-5-2-3-8(14)7-11/h2-6H,1H3. The van der Waals surface area contributed by atoms with Gasteiger partial charge in [-0.05, 0) is 12.1 Å². The van der Waals surface area contributed by atoms with Crippen molar-refractivity contribution >= 4 is 0 Å². The number of nitrogens with zero attached hydrogens (tertiary/aromatic N) is 4. The monoisotopic (exact) mass is 200 g/mol. The van der Waals surface area contributed by atoms with E-state index in [2.05, 4.69) is 4.98 Å². The van der Waals surface area contributed by atoms with Crippen LogP contribution in [0.2, 0.25) is 0 Å². The van der Waals surface area contributed by atoms with Gasteiger partial charge in [-0.1, -0.05) is 0 Å². The lowest BCUT2D eigenvalue weighted by molar-refractivity contribution is 0.807. The van der Waals surface area contributed by atoms with Crippen LogP contribution in [0.1, 0.15) is 5.69 Å². The number of nitriles is 1. The maximum atomic E-state index is 11.7. The van der Waals surface area contributed by atoms with E-state index in [1.54, 1.807) is 31.6 Å². The summed E-state index contributed by atoms with van der Waals surface area (Å²) in [7, 11) is 1.64. The smallest absolute Gasteiger partial charge is 0.293 e. The molecule has 2 aromatic heterocycles. The third-order valence-corrected chi connectivity index (χ3v) is 2.09. The number of aromatic nitrogens is 3. The maximum absolute atomic E-state index is 11.7. The fraction of sp³-hybridized carbons (Fsp3) is 0.100. The van der Waals surface area contributed by atoms with Crippen molar-refractivity contribution in [3.8, 4) is 11.9 Å². The van der Waals surface area contributed by atoms with Crippen LogP contribution in [0.15, 0.2) is 35.5 Å². The van der Waals surface area contributed by atoms with Crippen LogP contribution in [0.5, 0.6) is 0 Å². The highest BCUT2D eigenvalue weighted by atomic mass is 16.1. The van der Waals surface area contributed by atoms with E-state index < -0.39 is 0 Å². The fourth-order valence-corrected chi connectivity index (χ4v) is 1.31.